The third kappa shape index (κ3) is 9.58. The Labute approximate surface area is 301 Å². The van der Waals surface area contributed by atoms with Gasteiger partial charge in [0, 0.05) is 5.70 Å². The minimum Gasteiger partial charge on any atom is -0.490 e. The van der Waals surface area contributed by atoms with Gasteiger partial charge in [0.25, 0.3) is 0 Å². The fourth-order valence-electron chi connectivity index (χ4n) is 4.67. The predicted octanol–water partition coefficient (Wildman–Crippen LogP) is 6.10. The Hall–Kier alpha value is -3.92. The molecule has 0 saturated carbocycles. The van der Waals surface area contributed by atoms with E-state index in [1.807, 2.05) is 26.0 Å². The second-order valence-electron chi connectivity index (χ2n) is 10.2. The summed E-state index contributed by atoms with van der Waals surface area (Å²) in [5.74, 6) is 1.24. The Bertz CT molecular complexity index is 1700. The number of ether oxygens (including phenoxy) is 5. The van der Waals surface area contributed by atoms with E-state index in [0.29, 0.717) is 63.1 Å². The standard InChI is InChI=1S/C33H35Cl2IN4O8/c1-5-45-26-14-21(30-29(32(42)44-4)18(3)38-33(43)39-30)8-10-25(26)47-17-28(41)40-37-15-20-12-24(36)31(27(13-20)46-6-2)48-16-19-7-9-22(34)23(35)11-19/h7-15,28,30,40-41H,5-6,16-17H2,1-4H3,(H2,38,39,43)/b37-15+/t28-,30-/m0/s1. The smallest absolute Gasteiger partial charge is 0.337 e. The molecule has 0 aliphatic carbocycles. The molecule has 4 N–H and O–H groups in total. The van der Waals surface area contributed by atoms with E-state index in [9.17, 15) is 14.7 Å². The van der Waals surface area contributed by atoms with Crippen LogP contribution >= 0.6 is 45.8 Å². The molecule has 0 radical (unpaired) electrons. The van der Waals surface area contributed by atoms with Crippen molar-refractivity contribution in [1.82, 2.24) is 16.1 Å². The molecule has 15 heteroatoms. The van der Waals surface area contributed by atoms with Crippen LogP contribution in [0.5, 0.6) is 23.0 Å². The Kier molecular flexibility index (Phi) is 13.4. The summed E-state index contributed by atoms with van der Waals surface area (Å²) in [5.41, 5.74) is 5.43. The van der Waals surface area contributed by atoms with Crippen molar-refractivity contribution in [2.24, 2.45) is 5.10 Å². The molecule has 1 heterocycles. The molecule has 2 atom stereocenters. The predicted molar refractivity (Wildman–Crippen MR) is 190 cm³/mol. The number of allylic oxidation sites excluding steroid dienone is 1. The first-order chi connectivity index (χ1) is 23.0. The Morgan fingerprint density at radius 2 is 1.77 bits per heavy atom. The molecule has 3 aromatic rings. The number of carbonyl (C=O) groups is 2. The highest BCUT2D eigenvalue weighted by Gasteiger charge is 2.32. The van der Waals surface area contributed by atoms with Crippen LogP contribution in [0.3, 0.4) is 0 Å². The fraction of sp³-hybridized carbons (Fsp3) is 0.303. The Morgan fingerprint density at radius 1 is 1.02 bits per heavy atom. The number of carbonyl (C=O) groups excluding carboxylic acids is 2. The van der Waals surface area contributed by atoms with Gasteiger partial charge in [-0.3, -0.25) is 5.43 Å². The van der Waals surface area contributed by atoms with Crippen molar-refractivity contribution >= 4 is 64.0 Å². The van der Waals surface area contributed by atoms with Crippen LogP contribution in [0.2, 0.25) is 10.0 Å². The summed E-state index contributed by atoms with van der Waals surface area (Å²) in [6.07, 6.45) is 0.369. The van der Waals surface area contributed by atoms with Gasteiger partial charge in [0.15, 0.2) is 29.2 Å². The van der Waals surface area contributed by atoms with E-state index in [-0.39, 0.29) is 18.8 Å². The van der Waals surface area contributed by atoms with E-state index in [0.717, 1.165) is 9.13 Å². The first-order valence-electron chi connectivity index (χ1n) is 14.8. The molecule has 0 spiro atoms. The van der Waals surface area contributed by atoms with Crippen LogP contribution < -0.4 is 35.0 Å². The van der Waals surface area contributed by atoms with Gasteiger partial charge in [-0.2, -0.15) is 5.10 Å². The SMILES string of the molecule is CCOc1cc([C@@H]2NC(=O)NC(C)=C2C(=O)OC)ccc1OC[C@H](O)N/N=C/c1cc(I)c(OCc2ccc(Cl)c(Cl)c2)c(OCC)c1. The van der Waals surface area contributed by atoms with Crippen molar-refractivity contribution in [3.05, 3.63) is 90.1 Å². The van der Waals surface area contributed by atoms with Crippen LogP contribution in [0.4, 0.5) is 4.79 Å². The van der Waals surface area contributed by atoms with Gasteiger partial charge in [-0.1, -0.05) is 35.3 Å². The second-order valence-corrected chi connectivity index (χ2v) is 12.2. The molecule has 0 fully saturated rings. The first-order valence-corrected chi connectivity index (χ1v) is 16.6. The largest absolute Gasteiger partial charge is 0.490 e. The topological polar surface area (TPSA) is 149 Å². The van der Waals surface area contributed by atoms with E-state index in [1.54, 1.807) is 49.5 Å². The molecular formula is C33H35Cl2IN4O8. The number of esters is 1. The average molecular weight is 813 g/mol. The van der Waals surface area contributed by atoms with E-state index in [2.05, 4.69) is 43.8 Å². The van der Waals surface area contributed by atoms with Crippen LogP contribution in [0.1, 0.15) is 43.5 Å². The van der Waals surface area contributed by atoms with Gasteiger partial charge in [0.1, 0.15) is 13.2 Å². The van der Waals surface area contributed by atoms with Gasteiger partial charge in [-0.25, -0.2) is 9.59 Å². The minimum atomic E-state index is -1.17. The molecule has 0 unspecified atom stereocenters. The summed E-state index contributed by atoms with van der Waals surface area (Å²) in [7, 11) is 1.27. The molecule has 1 aliphatic rings. The maximum atomic E-state index is 12.5. The first kappa shape index (κ1) is 36.9. The lowest BCUT2D eigenvalue weighted by atomic mass is 9.95. The van der Waals surface area contributed by atoms with Gasteiger partial charge in [-0.05, 0) is 96.5 Å². The van der Waals surface area contributed by atoms with E-state index in [1.165, 1.54) is 7.11 Å². The summed E-state index contributed by atoms with van der Waals surface area (Å²) in [6.45, 7) is 6.15. The van der Waals surface area contributed by atoms with E-state index >= 15 is 0 Å². The van der Waals surface area contributed by atoms with Crippen LogP contribution in [0, 0.1) is 3.57 Å². The van der Waals surface area contributed by atoms with E-state index < -0.39 is 24.3 Å². The molecule has 1 aliphatic heterocycles. The zero-order valence-electron chi connectivity index (χ0n) is 26.6. The number of hydrazone groups is 1. The van der Waals surface area contributed by atoms with Gasteiger partial charge in [-0.15, -0.1) is 0 Å². The number of rotatable bonds is 15. The highest BCUT2D eigenvalue weighted by atomic mass is 127. The zero-order chi connectivity index (χ0) is 34.8. The Balaban J connectivity index is 1.40. The molecule has 12 nitrogen and oxygen atoms in total. The second kappa shape index (κ2) is 17.5. The zero-order valence-corrected chi connectivity index (χ0v) is 30.2. The quantitative estimate of drug-likeness (QED) is 0.0470. The van der Waals surface area contributed by atoms with Gasteiger partial charge < -0.3 is 39.4 Å². The molecule has 3 aromatic carbocycles. The summed E-state index contributed by atoms with van der Waals surface area (Å²) in [4.78, 5) is 24.7. The third-order valence-corrected chi connectivity index (χ3v) is 8.35. The number of nitrogens with zero attached hydrogens (tertiary/aromatic N) is 1. The highest BCUT2D eigenvalue weighted by molar-refractivity contribution is 14.1. The molecule has 0 aromatic heterocycles. The van der Waals surface area contributed by atoms with Crippen molar-refractivity contribution in [2.75, 3.05) is 26.9 Å². The number of amides is 2. The molecule has 0 saturated heterocycles. The molecule has 48 heavy (non-hydrogen) atoms. The lowest BCUT2D eigenvalue weighted by molar-refractivity contribution is -0.136. The summed E-state index contributed by atoms with van der Waals surface area (Å²) in [6, 6.07) is 12.7. The summed E-state index contributed by atoms with van der Waals surface area (Å²) in [5, 5.41) is 20.9. The molecular weight excluding hydrogens is 778 g/mol. The van der Waals surface area contributed by atoms with E-state index in [4.69, 9.17) is 46.9 Å². The van der Waals surface area contributed by atoms with Crippen LogP contribution in [-0.2, 0) is 16.1 Å². The third-order valence-electron chi connectivity index (χ3n) is 6.81. The maximum absolute atomic E-state index is 12.5. The van der Waals surface area contributed by atoms with Crippen molar-refractivity contribution in [1.29, 1.82) is 0 Å². The number of aliphatic hydroxyl groups is 1. The summed E-state index contributed by atoms with van der Waals surface area (Å²) >= 11 is 14.3. The number of hydrogen-bond donors (Lipinski definition) is 4. The number of halogens is 3. The van der Waals surface area contributed by atoms with Gasteiger partial charge in [0.2, 0.25) is 0 Å². The number of aliphatic hydroxyl groups excluding tert-OH is 1. The molecule has 0 bridgehead atoms. The van der Waals surface area contributed by atoms with Crippen molar-refractivity contribution in [3.63, 3.8) is 0 Å². The normalized spacial score (nSPS) is 15.0. The fourth-order valence-corrected chi connectivity index (χ4v) is 5.77. The monoisotopic (exact) mass is 812 g/mol. The maximum Gasteiger partial charge on any atom is 0.337 e. The van der Waals surface area contributed by atoms with Gasteiger partial charge >= 0.3 is 12.0 Å². The van der Waals surface area contributed by atoms with Crippen molar-refractivity contribution in [2.45, 2.75) is 39.6 Å². The number of urea groups is 1. The lowest BCUT2D eigenvalue weighted by Gasteiger charge is -2.28. The summed E-state index contributed by atoms with van der Waals surface area (Å²) < 4.78 is 29.2. The van der Waals surface area contributed by atoms with Crippen LogP contribution in [0.25, 0.3) is 0 Å². The number of nitrogens with one attached hydrogen (secondary N) is 3. The average Bonchev–Trinajstić information content (AvgIpc) is 3.05. The van der Waals surface area contributed by atoms with Crippen molar-refractivity contribution in [3.8, 4) is 23.0 Å². The molecule has 4 rings (SSSR count). The minimum absolute atomic E-state index is 0.170. The number of methoxy groups -OCH3 is 1. The Morgan fingerprint density at radius 3 is 2.48 bits per heavy atom. The number of benzene rings is 3. The van der Waals surface area contributed by atoms with Gasteiger partial charge in [0.05, 0.1) is 51.8 Å². The molecule has 2 amide bonds. The highest BCUT2D eigenvalue weighted by Crippen LogP contribution is 2.36. The number of hydrogen-bond acceptors (Lipinski definition) is 10. The van der Waals surface area contributed by atoms with Crippen LogP contribution in [-0.4, -0.2) is 56.5 Å². The van der Waals surface area contributed by atoms with Crippen molar-refractivity contribution < 1.29 is 38.4 Å². The van der Waals surface area contributed by atoms with Crippen LogP contribution in [0.15, 0.2) is 64.9 Å². The lowest BCUT2D eigenvalue weighted by Crippen LogP contribution is -2.45. The molecule has 256 valence electrons.